The van der Waals surface area contributed by atoms with Crippen LogP contribution in [-0.2, 0) is 4.79 Å². The molecule has 25 heavy (non-hydrogen) atoms. The molecular formula is C17H19N5OS2. The van der Waals surface area contributed by atoms with Crippen LogP contribution in [0, 0.1) is 0 Å². The number of aromatic nitrogens is 3. The lowest BCUT2D eigenvalue weighted by atomic mass is 10.2. The van der Waals surface area contributed by atoms with Gasteiger partial charge in [-0.25, -0.2) is 15.0 Å². The third-order valence-electron chi connectivity index (χ3n) is 3.42. The number of amides is 1. The van der Waals surface area contributed by atoms with Gasteiger partial charge in [-0.15, -0.1) is 11.3 Å². The Balaban J connectivity index is 1.71. The second-order valence-corrected chi connectivity index (χ2v) is 7.16. The van der Waals surface area contributed by atoms with Crippen molar-refractivity contribution < 1.29 is 4.79 Å². The lowest BCUT2D eigenvalue weighted by molar-refractivity contribution is -0.113. The van der Waals surface area contributed by atoms with Crippen molar-refractivity contribution in [1.29, 1.82) is 0 Å². The van der Waals surface area contributed by atoms with Crippen molar-refractivity contribution in [2.24, 2.45) is 0 Å². The summed E-state index contributed by atoms with van der Waals surface area (Å²) in [6.07, 6.45) is 3.86. The van der Waals surface area contributed by atoms with Crippen molar-refractivity contribution in [3.05, 3.63) is 35.8 Å². The topological polar surface area (TPSA) is 79.8 Å². The molecule has 0 aliphatic rings. The van der Waals surface area contributed by atoms with Gasteiger partial charge in [0.1, 0.15) is 5.82 Å². The predicted octanol–water partition coefficient (Wildman–Crippen LogP) is 4.03. The molecule has 3 rings (SSSR count). The highest BCUT2D eigenvalue weighted by Gasteiger charge is 2.10. The Morgan fingerprint density at radius 3 is 2.96 bits per heavy atom. The number of anilines is 2. The van der Waals surface area contributed by atoms with E-state index >= 15 is 0 Å². The first-order chi connectivity index (χ1) is 12.3. The number of rotatable bonds is 8. The van der Waals surface area contributed by atoms with E-state index < -0.39 is 0 Å². The summed E-state index contributed by atoms with van der Waals surface area (Å²) in [5.74, 6) is 0.950. The van der Waals surface area contributed by atoms with E-state index in [1.165, 1.54) is 23.1 Å². The van der Waals surface area contributed by atoms with E-state index in [2.05, 4.69) is 32.5 Å². The molecule has 0 bridgehead atoms. The second-order valence-electron chi connectivity index (χ2n) is 5.33. The first-order valence-electron chi connectivity index (χ1n) is 8.09. The number of hydrogen-bond donors (Lipinski definition) is 2. The van der Waals surface area contributed by atoms with Gasteiger partial charge >= 0.3 is 0 Å². The highest BCUT2D eigenvalue weighted by molar-refractivity contribution is 7.99. The number of fused-ring (bicyclic) bond motifs is 1. The number of hydrogen-bond acceptors (Lipinski definition) is 7. The van der Waals surface area contributed by atoms with Gasteiger partial charge in [-0.2, -0.15) is 0 Å². The monoisotopic (exact) mass is 373 g/mol. The van der Waals surface area contributed by atoms with Crippen LogP contribution in [0.15, 0.2) is 41.0 Å². The molecule has 0 radical (unpaired) electrons. The summed E-state index contributed by atoms with van der Waals surface area (Å²) in [6.45, 7) is 3.02. The number of thiazole rings is 1. The number of para-hydroxylation sites is 1. The van der Waals surface area contributed by atoms with E-state index in [4.69, 9.17) is 0 Å². The van der Waals surface area contributed by atoms with Gasteiger partial charge in [-0.05, 0) is 18.6 Å². The zero-order valence-electron chi connectivity index (χ0n) is 13.9. The third-order valence-corrected chi connectivity index (χ3v) is 4.95. The highest BCUT2D eigenvalue weighted by Crippen LogP contribution is 2.24. The van der Waals surface area contributed by atoms with Crippen LogP contribution in [-0.4, -0.2) is 33.2 Å². The molecule has 1 aromatic carbocycles. The van der Waals surface area contributed by atoms with Gasteiger partial charge in [0.15, 0.2) is 10.3 Å². The number of nitrogens with one attached hydrogen (secondary N) is 2. The number of unbranched alkanes of at least 4 members (excludes halogenated alkanes) is 1. The fraction of sp³-hybridized carbons (Fsp3) is 0.294. The number of carbonyl (C=O) groups excluding carboxylic acids is 1. The summed E-state index contributed by atoms with van der Waals surface area (Å²) in [6, 6.07) is 7.90. The van der Waals surface area contributed by atoms with Crippen LogP contribution < -0.4 is 10.6 Å². The Morgan fingerprint density at radius 2 is 2.16 bits per heavy atom. The number of benzene rings is 1. The quantitative estimate of drug-likeness (QED) is 0.352. The molecule has 1 amide bonds. The van der Waals surface area contributed by atoms with E-state index in [0.717, 1.165) is 36.1 Å². The van der Waals surface area contributed by atoms with Gasteiger partial charge in [0.05, 0.1) is 11.3 Å². The van der Waals surface area contributed by atoms with Crippen LogP contribution in [0.4, 0.5) is 10.9 Å². The van der Waals surface area contributed by atoms with Crippen LogP contribution in [0.5, 0.6) is 0 Å². The third kappa shape index (κ3) is 4.90. The van der Waals surface area contributed by atoms with Crippen LogP contribution in [0.3, 0.4) is 0 Å². The van der Waals surface area contributed by atoms with Crippen LogP contribution in [0.2, 0.25) is 0 Å². The molecule has 0 saturated carbocycles. The summed E-state index contributed by atoms with van der Waals surface area (Å²) in [4.78, 5) is 25.2. The van der Waals surface area contributed by atoms with Crippen LogP contribution in [0.1, 0.15) is 19.8 Å². The normalized spacial score (nSPS) is 10.8. The zero-order chi connectivity index (χ0) is 17.5. The van der Waals surface area contributed by atoms with Crippen molar-refractivity contribution in [3.63, 3.8) is 0 Å². The molecule has 3 aromatic rings. The van der Waals surface area contributed by atoms with Crippen molar-refractivity contribution in [3.8, 4) is 0 Å². The van der Waals surface area contributed by atoms with Gasteiger partial charge in [0.25, 0.3) is 0 Å². The standard InChI is InChI=1S/C17H19N5OS2/c1-2-3-8-18-15-12-6-4-5-7-13(12)20-17(22-15)25-11-14(23)21-16-19-9-10-24-16/h4-7,9-10H,2-3,8,11H2,1H3,(H,18,20,22)(H,19,21,23). The number of thioether (sulfide) groups is 1. The molecule has 130 valence electrons. The SMILES string of the molecule is CCCCNc1nc(SCC(=O)Nc2nccs2)nc2ccccc12. The lowest BCUT2D eigenvalue weighted by Crippen LogP contribution is -2.14. The van der Waals surface area contributed by atoms with Gasteiger partial charge in [-0.1, -0.05) is 37.2 Å². The minimum atomic E-state index is -0.114. The Kier molecular flexibility index (Phi) is 6.19. The van der Waals surface area contributed by atoms with Crippen LogP contribution >= 0.6 is 23.1 Å². The van der Waals surface area contributed by atoms with Gasteiger partial charge in [0, 0.05) is 23.5 Å². The molecule has 2 N–H and O–H groups in total. The molecule has 2 aromatic heterocycles. The maximum absolute atomic E-state index is 12.0. The predicted molar refractivity (Wildman–Crippen MR) is 104 cm³/mol. The fourth-order valence-corrected chi connectivity index (χ4v) is 3.40. The summed E-state index contributed by atoms with van der Waals surface area (Å²) < 4.78 is 0. The molecule has 0 aliphatic carbocycles. The van der Waals surface area contributed by atoms with Crippen molar-refractivity contribution >= 4 is 50.9 Å². The second kappa shape index (κ2) is 8.77. The summed E-state index contributed by atoms with van der Waals surface area (Å²) in [5.41, 5.74) is 0.874. The minimum Gasteiger partial charge on any atom is -0.369 e. The highest BCUT2D eigenvalue weighted by atomic mass is 32.2. The van der Waals surface area contributed by atoms with Crippen molar-refractivity contribution in [2.75, 3.05) is 22.9 Å². The molecule has 0 aliphatic heterocycles. The largest absolute Gasteiger partial charge is 0.369 e. The molecule has 0 fully saturated rings. The van der Waals surface area contributed by atoms with Crippen molar-refractivity contribution in [2.45, 2.75) is 24.9 Å². The molecule has 0 saturated heterocycles. The first kappa shape index (κ1) is 17.6. The van der Waals surface area contributed by atoms with E-state index in [0.29, 0.717) is 10.3 Å². The molecule has 8 heteroatoms. The number of carbonyl (C=O) groups is 1. The average molecular weight is 374 g/mol. The van der Waals surface area contributed by atoms with E-state index in [1.807, 2.05) is 29.6 Å². The zero-order valence-corrected chi connectivity index (χ0v) is 15.5. The van der Waals surface area contributed by atoms with E-state index in [1.54, 1.807) is 6.20 Å². The molecule has 0 spiro atoms. The Morgan fingerprint density at radius 1 is 1.28 bits per heavy atom. The van der Waals surface area contributed by atoms with Gasteiger partial charge in [-0.3, -0.25) is 4.79 Å². The van der Waals surface area contributed by atoms with Crippen molar-refractivity contribution in [1.82, 2.24) is 15.0 Å². The van der Waals surface area contributed by atoms with E-state index in [-0.39, 0.29) is 11.7 Å². The average Bonchev–Trinajstić information content (AvgIpc) is 3.13. The van der Waals surface area contributed by atoms with E-state index in [9.17, 15) is 4.79 Å². The Labute approximate surface area is 154 Å². The summed E-state index contributed by atoms with van der Waals surface area (Å²) >= 11 is 2.72. The maximum atomic E-state index is 12.0. The summed E-state index contributed by atoms with van der Waals surface area (Å²) in [7, 11) is 0. The van der Waals surface area contributed by atoms with Gasteiger partial charge in [0.2, 0.25) is 5.91 Å². The molecule has 2 heterocycles. The van der Waals surface area contributed by atoms with Crippen LogP contribution in [0.25, 0.3) is 10.9 Å². The molecule has 6 nitrogen and oxygen atoms in total. The maximum Gasteiger partial charge on any atom is 0.236 e. The molecular weight excluding hydrogens is 354 g/mol. The Bertz CT molecular complexity index is 838. The summed E-state index contributed by atoms with van der Waals surface area (Å²) in [5, 5.41) is 10.2. The molecule has 0 unspecified atom stereocenters. The fourth-order valence-electron chi connectivity index (χ4n) is 2.21. The minimum absolute atomic E-state index is 0.114. The lowest BCUT2D eigenvalue weighted by Gasteiger charge is -2.10. The molecule has 0 atom stereocenters. The Hall–Kier alpha value is -2.19. The smallest absolute Gasteiger partial charge is 0.236 e. The number of nitrogens with zero attached hydrogens (tertiary/aromatic N) is 3. The first-order valence-corrected chi connectivity index (χ1v) is 9.95. The van der Waals surface area contributed by atoms with Gasteiger partial charge < -0.3 is 10.6 Å².